The third kappa shape index (κ3) is 22.3. The third-order valence-electron chi connectivity index (χ3n) is 4.84. The van der Waals surface area contributed by atoms with Gasteiger partial charge < -0.3 is 4.74 Å². The van der Waals surface area contributed by atoms with E-state index in [1.807, 2.05) is 0 Å². The summed E-state index contributed by atoms with van der Waals surface area (Å²) in [5, 5.41) is 0. The summed E-state index contributed by atoms with van der Waals surface area (Å²) >= 11 is 4.26. The van der Waals surface area contributed by atoms with Gasteiger partial charge in [0, 0.05) is 13.2 Å². The van der Waals surface area contributed by atoms with Crippen LogP contribution in [0.15, 0.2) is 0 Å². The molecule has 0 rings (SSSR count). The fraction of sp³-hybridized carbons (Fsp3) is 1.00. The van der Waals surface area contributed by atoms with E-state index in [2.05, 4.69) is 19.6 Å². The van der Waals surface area contributed by atoms with Crippen LogP contribution in [-0.4, -0.2) is 19.0 Å². The van der Waals surface area contributed by atoms with Gasteiger partial charge in [0.1, 0.15) is 0 Å². The lowest BCUT2D eigenvalue weighted by atomic mass is 10.0. The first kappa shape index (κ1) is 24.3. The van der Waals surface area contributed by atoms with Crippen LogP contribution in [0.1, 0.15) is 122 Å². The number of ether oxygens (including phenoxy) is 1. The van der Waals surface area contributed by atoms with Gasteiger partial charge in [-0.2, -0.15) is 12.6 Å². The summed E-state index contributed by atoms with van der Waals surface area (Å²) in [6.07, 6.45) is 25.0. The predicted molar refractivity (Wildman–Crippen MR) is 113 cm³/mol. The maximum atomic E-state index is 5.69. The average molecular weight is 359 g/mol. The molecule has 0 bridgehead atoms. The van der Waals surface area contributed by atoms with E-state index in [-0.39, 0.29) is 0 Å². The zero-order valence-corrected chi connectivity index (χ0v) is 17.6. The van der Waals surface area contributed by atoms with Crippen molar-refractivity contribution in [2.75, 3.05) is 19.0 Å². The normalized spacial score (nSPS) is 11.2. The lowest BCUT2D eigenvalue weighted by Crippen LogP contribution is -1.97. The monoisotopic (exact) mass is 358 g/mol. The topological polar surface area (TPSA) is 9.23 Å². The Kier molecular flexibility index (Phi) is 23.6. The first-order valence-corrected chi connectivity index (χ1v) is 11.7. The molecular weight excluding hydrogens is 312 g/mol. The molecule has 146 valence electrons. The summed E-state index contributed by atoms with van der Waals surface area (Å²) < 4.78 is 5.69. The number of rotatable bonds is 21. The van der Waals surface area contributed by atoms with Crippen molar-refractivity contribution in [1.82, 2.24) is 0 Å². The Morgan fingerprint density at radius 3 is 1.17 bits per heavy atom. The van der Waals surface area contributed by atoms with Crippen LogP contribution in [0.2, 0.25) is 0 Å². The Morgan fingerprint density at radius 2 is 0.792 bits per heavy atom. The van der Waals surface area contributed by atoms with Gasteiger partial charge >= 0.3 is 0 Å². The van der Waals surface area contributed by atoms with Crippen LogP contribution >= 0.6 is 12.6 Å². The van der Waals surface area contributed by atoms with Gasteiger partial charge in [-0.25, -0.2) is 0 Å². The third-order valence-corrected chi connectivity index (χ3v) is 5.16. The standard InChI is InChI=1S/C22H46OS/c1-2-3-4-17-20-23-21-18-15-13-11-9-7-5-6-8-10-12-14-16-19-22-24/h24H,2-22H2,1H3. The van der Waals surface area contributed by atoms with E-state index >= 15 is 0 Å². The van der Waals surface area contributed by atoms with Gasteiger partial charge in [-0.05, 0) is 25.0 Å². The van der Waals surface area contributed by atoms with Gasteiger partial charge in [-0.1, -0.05) is 103 Å². The molecule has 0 fully saturated rings. The molecule has 0 N–H and O–H groups in total. The molecule has 0 heterocycles. The first-order valence-electron chi connectivity index (χ1n) is 11.1. The van der Waals surface area contributed by atoms with Crippen molar-refractivity contribution in [3.63, 3.8) is 0 Å². The van der Waals surface area contributed by atoms with Crippen molar-refractivity contribution in [2.24, 2.45) is 0 Å². The Bertz CT molecular complexity index is 186. The van der Waals surface area contributed by atoms with E-state index in [4.69, 9.17) is 4.74 Å². The lowest BCUT2D eigenvalue weighted by Gasteiger charge is -2.05. The molecule has 0 aromatic carbocycles. The second-order valence-corrected chi connectivity index (χ2v) is 7.79. The Hall–Kier alpha value is 0.310. The molecule has 0 aliphatic carbocycles. The molecule has 2 heteroatoms. The van der Waals surface area contributed by atoms with Gasteiger partial charge in [0.05, 0.1) is 0 Å². The number of hydrogen-bond donors (Lipinski definition) is 1. The van der Waals surface area contributed by atoms with E-state index in [9.17, 15) is 0 Å². The summed E-state index contributed by atoms with van der Waals surface area (Å²) in [5.41, 5.74) is 0. The SMILES string of the molecule is CCCCCCOCCCCCCCCCCCCCCCCS. The van der Waals surface area contributed by atoms with Crippen molar-refractivity contribution < 1.29 is 4.74 Å². The van der Waals surface area contributed by atoms with Gasteiger partial charge in [0.25, 0.3) is 0 Å². The van der Waals surface area contributed by atoms with E-state index in [0.717, 1.165) is 19.0 Å². The summed E-state index contributed by atoms with van der Waals surface area (Å²) in [4.78, 5) is 0. The highest BCUT2D eigenvalue weighted by molar-refractivity contribution is 7.80. The zero-order chi connectivity index (χ0) is 17.6. The first-order chi connectivity index (χ1) is 11.9. The maximum absolute atomic E-state index is 5.69. The summed E-state index contributed by atoms with van der Waals surface area (Å²) in [6.45, 7) is 4.23. The van der Waals surface area contributed by atoms with E-state index in [1.54, 1.807) is 0 Å². The van der Waals surface area contributed by atoms with Gasteiger partial charge in [-0.15, -0.1) is 0 Å². The second-order valence-electron chi connectivity index (χ2n) is 7.35. The van der Waals surface area contributed by atoms with E-state index in [0.29, 0.717) is 0 Å². The summed E-state index contributed by atoms with van der Waals surface area (Å²) in [6, 6.07) is 0. The summed E-state index contributed by atoms with van der Waals surface area (Å²) in [7, 11) is 0. The largest absolute Gasteiger partial charge is 0.381 e. The van der Waals surface area contributed by atoms with Crippen molar-refractivity contribution in [2.45, 2.75) is 122 Å². The average Bonchev–Trinajstić information content (AvgIpc) is 2.60. The van der Waals surface area contributed by atoms with Crippen molar-refractivity contribution >= 4 is 12.6 Å². The molecule has 0 saturated heterocycles. The molecule has 0 unspecified atom stereocenters. The van der Waals surface area contributed by atoms with Gasteiger partial charge in [0.2, 0.25) is 0 Å². The molecule has 0 amide bonds. The Morgan fingerprint density at radius 1 is 0.458 bits per heavy atom. The molecule has 0 aliphatic rings. The molecule has 0 spiro atoms. The highest BCUT2D eigenvalue weighted by Crippen LogP contribution is 2.13. The van der Waals surface area contributed by atoms with E-state index in [1.165, 1.54) is 116 Å². The highest BCUT2D eigenvalue weighted by atomic mass is 32.1. The minimum Gasteiger partial charge on any atom is -0.381 e. The highest BCUT2D eigenvalue weighted by Gasteiger charge is 1.95. The maximum Gasteiger partial charge on any atom is 0.0466 e. The number of unbranched alkanes of at least 4 members (excludes halogenated alkanes) is 16. The van der Waals surface area contributed by atoms with Gasteiger partial charge in [0.15, 0.2) is 0 Å². The molecular formula is C22H46OS. The van der Waals surface area contributed by atoms with Crippen LogP contribution in [0.4, 0.5) is 0 Å². The van der Waals surface area contributed by atoms with Crippen molar-refractivity contribution in [3.8, 4) is 0 Å². The fourth-order valence-corrected chi connectivity index (χ4v) is 3.39. The van der Waals surface area contributed by atoms with Crippen molar-refractivity contribution in [3.05, 3.63) is 0 Å². The van der Waals surface area contributed by atoms with Crippen LogP contribution in [0.3, 0.4) is 0 Å². The molecule has 0 aromatic rings. The second kappa shape index (κ2) is 23.3. The van der Waals surface area contributed by atoms with Crippen molar-refractivity contribution in [1.29, 1.82) is 0 Å². The minimum atomic E-state index is 0.981. The molecule has 1 nitrogen and oxygen atoms in total. The predicted octanol–water partition coefficient (Wildman–Crippen LogP) is 7.97. The molecule has 0 radical (unpaired) electrons. The smallest absolute Gasteiger partial charge is 0.0466 e. The van der Waals surface area contributed by atoms with Crippen LogP contribution in [0.5, 0.6) is 0 Å². The molecule has 0 aromatic heterocycles. The number of hydrogen-bond acceptors (Lipinski definition) is 2. The quantitative estimate of drug-likeness (QED) is 0.162. The molecule has 24 heavy (non-hydrogen) atoms. The molecule has 0 atom stereocenters. The molecule has 0 aliphatic heterocycles. The lowest BCUT2D eigenvalue weighted by molar-refractivity contribution is 0.125. The Labute approximate surface area is 159 Å². The molecule has 0 saturated carbocycles. The van der Waals surface area contributed by atoms with Crippen LogP contribution in [-0.2, 0) is 4.74 Å². The van der Waals surface area contributed by atoms with E-state index < -0.39 is 0 Å². The Balaban J connectivity index is 2.93. The van der Waals surface area contributed by atoms with Crippen LogP contribution in [0.25, 0.3) is 0 Å². The van der Waals surface area contributed by atoms with Crippen LogP contribution < -0.4 is 0 Å². The zero-order valence-electron chi connectivity index (χ0n) is 16.7. The van der Waals surface area contributed by atoms with Crippen LogP contribution in [0, 0.1) is 0 Å². The minimum absolute atomic E-state index is 0.981. The fourth-order valence-electron chi connectivity index (χ4n) is 3.17. The van der Waals surface area contributed by atoms with Gasteiger partial charge in [-0.3, -0.25) is 0 Å². The summed E-state index contributed by atoms with van der Waals surface area (Å²) in [5.74, 6) is 1.06. The number of thiol groups is 1.